The Morgan fingerprint density at radius 3 is 2.74 bits per heavy atom. The minimum absolute atomic E-state index is 0.114. The third kappa shape index (κ3) is 5.07. The molecule has 0 unspecified atom stereocenters. The van der Waals surface area contributed by atoms with Gasteiger partial charge in [0.2, 0.25) is 5.91 Å². The van der Waals surface area contributed by atoms with Crippen LogP contribution in [0.4, 0.5) is 16.0 Å². The van der Waals surface area contributed by atoms with E-state index in [2.05, 4.69) is 21.9 Å². The van der Waals surface area contributed by atoms with Crippen LogP contribution in [0.25, 0.3) is 22.2 Å². The molecule has 1 aromatic carbocycles. The van der Waals surface area contributed by atoms with E-state index in [1.54, 1.807) is 28.8 Å². The number of hydrogen-bond donors (Lipinski definition) is 2. The first-order valence-corrected chi connectivity index (χ1v) is 12.9. The molecule has 1 aliphatic rings. The lowest BCUT2D eigenvalue weighted by Gasteiger charge is -2.33. The maximum absolute atomic E-state index is 15.6. The lowest BCUT2D eigenvalue weighted by atomic mass is 10.0. The Hall–Kier alpha value is -4.31. The number of aryl methyl sites for hydroxylation is 1. The van der Waals surface area contributed by atoms with Gasteiger partial charge in [0.15, 0.2) is 11.6 Å². The average molecular weight is 549 g/mol. The number of nitrogens with one attached hydrogen (secondary N) is 1. The van der Waals surface area contributed by atoms with E-state index in [1.807, 2.05) is 13.0 Å². The Morgan fingerprint density at radius 1 is 1.23 bits per heavy atom. The number of nitrogens with two attached hydrogens (primary N) is 1. The number of carbonyl (C=O) groups excluding carboxylic acids is 2. The molecule has 200 valence electrons. The summed E-state index contributed by atoms with van der Waals surface area (Å²) in [4.78, 5) is 35.4. The van der Waals surface area contributed by atoms with Gasteiger partial charge in [0.05, 0.1) is 17.6 Å². The Kier molecular flexibility index (Phi) is 7.05. The molecular weight excluding hydrogens is 521 g/mol. The summed E-state index contributed by atoms with van der Waals surface area (Å²) in [6.07, 6.45) is 4.59. The molecule has 4 aromatic rings. The van der Waals surface area contributed by atoms with Gasteiger partial charge in [-0.05, 0) is 62.6 Å². The third-order valence-electron chi connectivity index (χ3n) is 6.76. The van der Waals surface area contributed by atoms with Gasteiger partial charge in [-0.3, -0.25) is 14.3 Å². The van der Waals surface area contributed by atoms with Gasteiger partial charge in [-0.15, -0.1) is 0 Å². The standard InChI is InChI=1S/C28H27ClFN7O2/c1-15(2)28(39)36-10-4-5-18(14-36)37-25-20(29)13-33-26(31)23(25)24(35-37)19-7-6-17(12-21(19)30)27(38)34-22-11-16(3)8-9-32-22/h6-9,11-13,18,29H,1,4-5,10,14H2,2-3H3,(H2-,31,32,33,34,35,38)/p+1/t18-/m1/s1. The first-order valence-electron chi connectivity index (χ1n) is 12.5. The van der Waals surface area contributed by atoms with E-state index in [9.17, 15) is 9.59 Å². The van der Waals surface area contributed by atoms with E-state index >= 15 is 4.39 Å². The zero-order chi connectivity index (χ0) is 27.8. The molecule has 4 heterocycles. The van der Waals surface area contributed by atoms with Crippen molar-refractivity contribution in [1.29, 1.82) is 0 Å². The van der Waals surface area contributed by atoms with Crippen LogP contribution in [-0.4, -0.2) is 49.6 Å². The summed E-state index contributed by atoms with van der Waals surface area (Å²) in [5.74, 6) is -0.720. The summed E-state index contributed by atoms with van der Waals surface area (Å²) in [5, 5.41) is 8.31. The second-order valence-corrected chi connectivity index (χ2v) is 10.2. The largest absolute Gasteiger partial charge is 0.383 e. The van der Waals surface area contributed by atoms with Crippen LogP contribution >= 0.6 is 0 Å². The van der Waals surface area contributed by atoms with Crippen LogP contribution in [0.15, 0.2) is 54.9 Å². The predicted octanol–water partition coefficient (Wildman–Crippen LogP) is 4.21. The number of carbonyl (C=O) groups is 2. The number of halogens is 2. The summed E-state index contributed by atoms with van der Waals surface area (Å²) in [6, 6.07) is 7.50. The third-order valence-corrected chi connectivity index (χ3v) is 7.06. The van der Waals surface area contributed by atoms with Crippen LogP contribution in [0.2, 0.25) is 5.02 Å². The molecular formula is C28H28ClFN7O2+. The van der Waals surface area contributed by atoms with Crippen molar-refractivity contribution < 1.29 is 25.6 Å². The highest BCUT2D eigenvalue weighted by molar-refractivity contribution is 6.05. The van der Waals surface area contributed by atoms with Gasteiger partial charge in [-0.1, -0.05) is 6.58 Å². The van der Waals surface area contributed by atoms with Gasteiger partial charge in [0.25, 0.3) is 10.9 Å². The minimum Gasteiger partial charge on any atom is -0.383 e. The predicted molar refractivity (Wildman–Crippen MR) is 144 cm³/mol. The zero-order valence-electron chi connectivity index (χ0n) is 21.6. The van der Waals surface area contributed by atoms with Gasteiger partial charge in [0, 0.05) is 36.0 Å². The van der Waals surface area contributed by atoms with Crippen molar-refractivity contribution in [2.24, 2.45) is 0 Å². The van der Waals surface area contributed by atoms with Crippen molar-refractivity contribution in [3.05, 3.63) is 76.8 Å². The molecule has 2 amide bonds. The number of benzene rings is 1. The average Bonchev–Trinajstić information content (AvgIpc) is 3.32. The molecule has 0 radical (unpaired) electrons. The van der Waals surface area contributed by atoms with Crippen LogP contribution in [-0.2, 0) is 4.79 Å². The number of piperidine rings is 1. The van der Waals surface area contributed by atoms with Gasteiger partial charge in [-0.25, -0.2) is 14.4 Å². The number of aromatic nitrogens is 4. The van der Waals surface area contributed by atoms with Gasteiger partial charge >= 0.3 is 0 Å². The monoisotopic (exact) mass is 548 g/mol. The van der Waals surface area contributed by atoms with Crippen molar-refractivity contribution >= 4 is 34.4 Å². The SMILES string of the molecule is C=C(C)C(=O)N1CCC[C@@H](n2nc(-c3ccc(C(=O)Nc4cc(C)ccn4)cc3F)c3c(N)ncc([ClH+])c32)C1. The van der Waals surface area contributed by atoms with Crippen LogP contribution in [0.1, 0.15) is 41.7 Å². The molecule has 0 spiro atoms. The van der Waals surface area contributed by atoms with E-state index in [4.69, 9.17) is 22.4 Å². The Bertz CT molecular complexity index is 1630. The van der Waals surface area contributed by atoms with Gasteiger partial charge in [-0.2, -0.15) is 5.10 Å². The first kappa shape index (κ1) is 26.3. The first-order chi connectivity index (χ1) is 18.6. The van der Waals surface area contributed by atoms with Gasteiger partial charge in [0.1, 0.15) is 28.7 Å². The number of likely N-dealkylation sites (tertiary alicyclic amines) is 1. The van der Waals surface area contributed by atoms with Gasteiger partial charge < -0.3 is 16.0 Å². The maximum atomic E-state index is 15.6. The molecule has 1 fully saturated rings. The Balaban J connectivity index is 1.53. The van der Waals surface area contributed by atoms with E-state index < -0.39 is 11.7 Å². The molecule has 0 saturated carbocycles. The number of pyridine rings is 2. The molecule has 39 heavy (non-hydrogen) atoms. The minimum atomic E-state index is -0.650. The summed E-state index contributed by atoms with van der Waals surface area (Å²) in [7, 11) is 0. The molecule has 5 rings (SSSR count). The number of fused-ring (bicyclic) bond motifs is 1. The molecule has 11 heteroatoms. The van der Waals surface area contributed by atoms with Crippen molar-refractivity contribution in [3.63, 3.8) is 0 Å². The van der Waals surface area contributed by atoms with Crippen molar-refractivity contribution in [3.8, 4) is 11.3 Å². The Labute approximate surface area is 229 Å². The quantitative estimate of drug-likeness (QED) is 0.361. The molecule has 9 nitrogen and oxygen atoms in total. The van der Waals surface area contributed by atoms with Crippen molar-refractivity contribution in [2.45, 2.75) is 32.7 Å². The second-order valence-electron chi connectivity index (χ2n) is 9.72. The lowest BCUT2D eigenvalue weighted by molar-refractivity contribution is -0.287. The number of amides is 2. The number of hydrogen-bond acceptors (Lipinski definition) is 6. The molecule has 1 saturated heterocycles. The summed E-state index contributed by atoms with van der Waals surface area (Å²) >= 11 is 5.59. The lowest BCUT2D eigenvalue weighted by Crippen LogP contribution is -2.41. The molecule has 1 atom stereocenters. The normalized spacial score (nSPS) is 15.4. The number of nitrogens with zero attached hydrogens (tertiary/aromatic N) is 5. The zero-order valence-corrected chi connectivity index (χ0v) is 22.4. The summed E-state index contributed by atoms with van der Waals surface area (Å²) in [6.45, 7) is 8.37. The number of rotatable bonds is 5. The fraction of sp³-hybridized carbons (Fsp3) is 0.250. The smallest absolute Gasteiger partial charge is 0.269 e. The molecule has 3 aromatic heterocycles. The molecule has 0 bridgehead atoms. The van der Waals surface area contributed by atoms with Crippen molar-refractivity contribution in [1.82, 2.24) is 24.6 Å². The Morgan fingerprint density at radius 2 is 2.03 bits per heavy atom. The molecule has 1 aliphatic heterocycles. The van der Waals surface area contributed by atoms with E-state index in [0.717, 1.165) is 24.5 Å². The van der Waals surface area contributed by atoms with Crippen LogP contribution in [0.5, 0.6) is 0 Å². The highest BCUT2D eigenvalue weighted by Crippen LogP contribution is 2.38. The highest BCUT2D eigenvalue weighted by atomic mass is 35.5. The van der Waals surface area contributed by atoms with E-state index in [-0.39, 0.29) is 34.6 Å². The number of nitrogen functional groups attached to an aromatic ring is 1. The maximum Gasteiger partial charge on any atom is 0.269 e. The molecule has 3 N–H and O–H groups in total. The van der Waals surface area contributed by atoms with E-state index in [0.29, 0.717) is 40.4 Å². The molecule has 0 aliphatic carbocycles. The van der Waals surface area contributed by atoms with Crippen LogP contribution < -0.4 is 11.1 Å². The van der Waals surface area contributed by atoms with Crippen LogP contribution in [0, 0.1) is 24.3 Å². The van der Waals surface area contributed by atoms with Crippen molar-refractivity contribution in [2.75, 3.05) is 24.1 Å². The number of anilines is 2. The summed E-state index contributed by atoms with van der Waals surface area (Å²) in [5.41, 5.74) is 8.78. The summed E-state index contributed by atoms with van der Waals surface area (Å²) < 4.78 is 17.3. The fourth-order valence-corrected chi connectivity index (χ4v) is 5.12. The fourth-order valence-electron chi connectivity index (χ4n) is 4.87. The topological polar surface area (TPSA) is 119 Å². The highest BCUT2D eigenvalue weighted by Gasteiger charge is 2.31. The second kappa shape index (κ2) is 10.5. The van der Waals surface area contributed by atoms with E-state index in [1.165, 1.54) is 18.3 Å². The van der Waals surface area contributed by atoms with Crippen LogP contribution in [0.3, 0.4) is 0 Å².